The van der Waals surface area contributed by atoms with Gasteiger partial charge in [0.1, 0.15) is 11.6 Å². The van der Waals surface area contributed by atoms with Crippen LogP contribution in [0.25, 0.3) is 11.1 Å². The van der Waals surface area contributed by atoms with Gasteiger partial charge in [0.05, 0.1) is 0 Å². The van der Waals surface area contributed by atoms with Gasteiger partial charge in [0.25, 0.3) is 11.8 Å². The Bertz CT molecular complexity index is 940. The van der Waals surface area contributed by atoms with E-state index in [2.05, 4.69) is 20.4 Å². The number of nitrogens with zero attached hydrogens (tertiary/aromatic N) is 3. The van der Waals surface area contributed by atoms with Crippen molar-refractivity contribution in [2.24, 2.45) is 0 Å². The molecule has 2 aromatic heterocycles. The van der Waals surface area contributed by atoms with Gasteiger partial charge in [0.2, 0.25) is 0 Å². The number of benzene rings is 1. The van der Waals surface area contributed by atoms with Crippen LogP contribution in [0.1, 0.15) is 66.7 Å². The van der Waals surface area contributed by atoms with E-state index in [4.69, 9.17) is 13.7 Å². The molecule has 4 rings (SSSR count). The van der Waals surface area contributed by atoms with E-state index >= 15 is 0 Å². The van der Waals surface area contributed by atoms with Crippen LogP contribution in [-0.4, -0.2) is 34.2 Å². The predicted molar refractivity (Wildman–Crippen MR) is 96.4 cm³/mol. The van der Waals surface area contributed by atoms with E-state index in [0.717, 1.165) is 19.4 Å². The highest BCUT2D eigenvalue weighted by Gasteiger charge is 2.23. The number of ether oxygens (including phenoxy) is 1. The molecule has 8 heteroatoms. The Kier molecular flexibility index (Phi) is 4.89. The molecule has 1 atom stereocenters. The first-order valence-corrected chi connectivity index (χ1v) is 9.23. The SMILES string of the molecule is CC(C)c1nc2cc(C(=O)NCCc3noc([C@@H]4CCCO4)n3)ccc2o1. The molecular weight excluding hydrogens is 348 g/mol. The van der Waals surface area contributed by atoms with Gasteiger partial charge in [-0.25, -0.2) is 4.98 Å². The van der Waals surface area contributed by atoms with Crippen LogP contribution < -0.4 is 5.32 Å². The molecule has 1 N–H and O–H groups in total. The number of hydrogen-bond acceptors (Lipinski definition) is 7. The third-order valence-corrected chi connectivity index (χ3v) is 4.48. The molecule has 1 fully saturated rings. The molecular formula is C19H22N4O4. The lowest BCUT2D eigenvalue weighted by molar-refractivity contribution is 0.0835. The highest BCUT2D eigenvalue weighted by atomic mass is 16.5. The third kappa shape index (κ3) is 3.85. The summed E-state index contributed by atoms with van der Waals surface area (Å²) in [4.78, 5) is 21.2. The van der Waals surface area contributed by atoms with Crippen molar-refractivity contribution >= 4 is 17.0 Å². The molecule has 1 aliphatic rings. The van der Waals surface area contributed by atoms with Gasteiger partial charge in [0.15, 0.2) is 17.3 Å². The van der Waals surface area contributed by atoms with Crippen molar-refractivity contribution in [3.05, 3.63) is 41.4 Å². The number of carbonyl (C=O) groups is 1. The normalized spacial score (nSPS) is 17.1. The Morgan fingerprint density at radius 2 is 2.22 bits per heavy atom. The maximum atomic E-state index is 12.4. The van der Waals surface area contributed by atoms with E-state index in [1.165, 1.54) is 0 Å². The van der Waals surface area contributed by atoms with E-state index in [0.29, 0.717) is 47.2 Å². The Morgan fingerprint density at radius 1 is 1.33 bits per heavy atom. The van der Waals surface area contributed by atoms with E-state index in [1.54, 1.807) is 18.2 Å². The van der Waals surface area contributed by atoms with Gasteiger partial charge in [-0.15, -0.1) is 0 Å². The maximum absolute atomic E-state index is 12.4. The zero-order chi connectivity index (χ0) is 18.8. The largest absolute Gasteiger partial charge is 0.440 e. The molecule has 0 unspecified atom stereocenters. The van der Waals surface area contributed by atoms with E-state index in [-0.39, 0.29) is 17.9 Å². The van der Waals surface area contributed by atoms with Crippen LogP contribution >= 0.6 is 0 Å². The molecule has 0 saturated carbocycles. The van der Waals surface area contributed by atoms with Gasteiger partial charge in [-0.3, -0.25) is 4.79 Å². The molecule has 0 bridgehead atoms. The molecule has 0 radical (unpaired) electrons. The second-order valence-corrected chi connectivity index (χ2v) is 6.95. The molecule has 1 saturated heterocycles. The Hall–Kier alpha value is -2.74. The number of oxazole rings is 1. The van der Waals surface area contributed by atoms with E-state index in [9.17, 15) is 4.79 Å². The number of fused-ring (bicyclic) bond motifs is 1. The van der Waals surface area contributed by atoms with Crippen LogP contribution in [0.4, 0.5) is 0 Å². The van der Waals surface area contributed by atoms with E-state index < -0.39 is 0 Å². The summed E-state index contributed by atoms with van der Waals surface area (Å²) in [5.41, 5.74) is 1.91. The molecule has 3 heterocycles. The summed E-state index contributed by atoms with van der Waals surface area (Å²) in [7, 11) is 0. The van der Waals surface area contributed by atoms with Crippen molar-refractivity contribution in [3.63, 3.8) is 0 Å². The lowest BCUT2D eigenvalue weighted by atomic mass is 10.2. The molecule has 8 nitrogen and oxygen atoms in total. The molecule has 3 aromatic rings. The number of hydrogen-bond donors (Lipinski definition) is 1. The first-order valence-electron chi connectivity index (χ1n) is 9.23. The first-order chi connectivity index (χ1) is 13.1. The van der Waals surface area contributed by atoms with Crippen LogP contribution in [-0.2, 0) is 11.2 Å². The van der Waals surface area contributed by atoms with Crippen molar-refractivity contribution in [2.45, 2.75) is 45.1 Å². The summed E-state index contributed by atoms with van der Waals surface area (Å²) < 4.78 is 16.4. The average Bonchev–Trinajstić information content (AvgIpc) is 3.40. The van der Waals surface area contributed by atoms with Gasteiger partial charge >= 0.3 is 0 Å². The molecule has 1 aromatic carbocycles. The predicted octanol–water partition coefficient (Wildman–Crippen LogP) is 3.16. The van der Waals surface area contributed by atoms with Crippen LogP contribution in [0.15, 0.2) is 27.1 Å². The van der Waals surface area contributed by atoms with Crippen molar-refractivity contribution in [2.75, 3.05) is 13.2 Å². The van der Waals surface area contributed by atoms with Crippen molar-refractivity contribution in [1.82, 2.24) is 20.4 Å². The lowest BCUT2D eigenvalue weighted by Crippen LogP contribution is -2.25. The summed E-state index contributed by atoms with van der Waals surface area (Å²) in [5.74, 6) is 1.78. The minimum atomic E-state index is -0.172. The van der Waals surface area contributed by atoms with Gasteiger partial charge < -0.3 is 19.0 Å². The summed E-state index contributed by atoms with van der Waals surface area (Å²) in [6.45, 7) is 5.17. The minimum absolute atomic E-state index is 0.0919. The van der Waals surface area contributed by atoms with Crippen molar-refractivity contribution < 1.29 is 18.5 Å². The summed E-state index contributed by atoms with van der Waals surface area (Å²) in [6, 6.07) is 5.25. The second kappa shape index (κ2) is 7.48. The van der Waals surface area contributed by atoms with Crippen LogP contribution in [0.5, 0.6) is 0 Å². The van der Waals surface area contributed by atoms with Crippen molar-refractivity contribution in [3.8, 4) is 0 Å². The Morgan fingerprint density at radius 3 is 3.00 bits per heavy atom. The summed E-state index contributed by atoms with van der Waals surface area (Å²) >= 11 is 0. The van der Waals surface area contributed by atoms with E-state index in [1.807, 2.05) is 13.8 Å². The topological polar surface area (TPSA) is 103 Å². The number of carbonyl (C=O) groups excluding carboxylic acids is 1. The molecule has 0 spiro atoms. The highest BCUT2D eigenvalue weighted by Crippen LogP contribution is 2.27. The van der Waals surface area contributed by atoms with Gasteiger partial charge in [-0.05, 0) is 31.0 Å². The fourth-order valence-electron chi connectivity index (χ4n) is 3.00. The molecule has 27 heavy (non-hydrogen) atoms. The zero-order valence-electron chi connectivity index (χ0n) is 15.4. The number of nitrogens with one attached hydrogen (secondary N) is 1. The smallest absolute Gasteiger partial charge is 0.255 e. The Balaban J connectivity index is 1.34. The first kappa shape index (κ1) is 17.7. The fraction of sp³-hybridized carbons (Fsp3) is 0.474. The summed E-state index contributed by atoms with van der Waals surface area (Å²) in [6.07, 6.45) is 2.31. The molecule has 0 aliphatic carbocycles. The summed E-state index contributed by atoms with van der Waals surface area (Å²) in [5, 5.41) is 6.82. The quantitative estimate of drug-likeness (QED) is 0.711. The highest BCUT2D eigenvalue weighted by molar-refractivity contribution is 5.97. The standard InChI is InChI=1S/C19H22N4O4/c1-11(2)18-21-13-10-12(5-6-14(13)26-18)17(24)20-8-7-16-22-19(27-23-16)15-4-3-9-25-15/h5-6,10-11,15H,3-4,7-9H2,1-2H3,(H,20,24)/t15-/m0/s1. The van der Waals surface area contributed by atoms with Crippen LogP contribution in [0.2, 0.25) is 0 Å². The average molecular weight is 370 g/mol. The lowest BCUT2D eigenvalue weighted by Gasteiger charge is -2.03. The zero-order valence-corrected chi connectivity index (χ0v) is 15.4. The fourth-order valence-corrected chi connectivity index (χ4v) is 3.00. The van der Waals surface area contributed by atoms with Crippen molar-refractivity contribution in [1.29, 1.82) is 0 Å². The minimum Gasteiger partial charge on any atom is -0.440 e. The monoisotopic (exact) mass is 370 g/mol. The number of amides is 1. The van der Waals surface area contributed by atoms with Crippen LogP contribution in [0, 0.1) is 0 Å². The number of rotatable bonds is 6. The molecule has 1 amide bonds. The van der Waals surface area contributed by atoms with Crippen LogP contribution in [0.3, 0.4) is 0 Å². The second-order valence-electron chi connectivity index (χ2n) is 6.95. The maximum Gasteiger partial charge on any atom is 0.255 e. The molecule has 142 valence electrons. The van der Waals surface area contributed by atoms with Gasteiger partial charge in [-0.2, -0.15) is 4.98 Å². The van der Waals surface area contributed by atoms with Gasteiger partial charge in [-0.1, -0.05) is 19.0 Å². The third-order valence-electron chi connectivity index (χ3n) is 4.48. The van der Waals surface area contributed by atoms with Gasteiger partial charge in [0, 0.05) is 31.1 Å². The number of aromatic nitrogens is 3. The Labute approximate surface area is 156 Å². The molecule has 1 aliphatic heterocycles.